The van der Waals surface area contributed by atoms with E-state index in [9.17, 15) is 13.9 Å². The van der Waals surface area contributed by atoms with E-state index in [1.165, 1.54) is 12.3 Å². The summed E-state index contributed by atoms with van der Waals surface area (Å²) in [6, 6.07) is 1.31. The molecule has 0 amide bonds. The lowest BCUT2D eigenvalue weighted by Crippen LogP contribution is -2.19. The van der Waals surface area contributed by atoms with Gasteiger partial charge in [-0.3, -0.25) is 5.10 Å². The number of aliphatic hydroxyl groups is 1. The van der Waals surface area contributed by atoms with Gasteiger partial charge >= 0.3 is 6.61 Å². The van der Waals surface area contributed by atoms with Crippen molar-refractivity contribution in [2.24, 2.45) is 0 Å². The number of ether oxygens (including phenoxy) is 1. The topological polar surface area (TPSA) is 132 Å². The van der Waals surface area contributed by atoms with E-state index in [4.69, 9.17) is 5.41 Å². The smallest absolute Gasteiger partial charge is 0.388 e. The van der Waals surface area contributed by atoms with E-state index in [1.807, 2.05) is 0 Å². The quantitative estimate of drug-likeness (QED) is 0.480. The fraction of sp³-hybridized carbons (Fsp3) is 0.429. The fourth-order valence-electron chi connectivity index (χ4n) is 2.61. The largest absolute Gasteiger partial charge is 0.415 e. The van der Waals surface area contributed by atoms with Crippen molar-refractivity contribution in [3.63, 3.8) is 0 Å². The number of nitrogens with one attached hydrogen (secondary N) is 4. The number of hydrogen-bond donors (Lipinski definition) is 5. The Morgan fingerprint density at radius 3 is 2.96 bits per heavy atom. The number of anilines is 3. The number of nitrogens with zero attached hydrogens (tertiary/aromatic N) is 3. The Labute approximate surface area is 141 Å². The van der Waals surface area contributed by atoms with Crippen molar-refractivity contribution in [2.45, 2.75) is 38.0 Å². The summed E-state index contributed by atoms with van der Waals surface area (Å²) >= 11 is 0. The van der Waals surface area contributed by atoms with Crippen LogP contribution in [0.4, 0.5) is 26.2 Å². The highest BCUT2D eigenvalue weighted by Crippen LogP contribution is 2.24. The van der Waals surface area contributed by atoms with Crippen LogP contribution in [0.1, 0.15) is 25.0 Å². The van der Waals surface area contributed by atoms with Gasteiger partial charge in [-0.2, -0.15) is 8.78 Å². The van der Waals surface area contributed by atoms with Crippen molar-refractivity contribution >= 4 is 23.7 Å². The normalized spacial score (nSPS) is 19.8. The molecule has 0 saturated heterocycles. The predicted molar refractivity (Wildman–Crippen MR) is 85.7 cm³/mol. The van der Waals surface area contributed by atoms with Gasteiger partial charge in [-0.15, -0.1) is 5.10 Å². The first-order chi connectivity index (χ1) is 12.0. The van der Waals surface area contributed by atoms with E-state index in [0.29, 0.717) is 36.0 Å². The first-order valence-electron chi connectivity index (χ1n) is 7.63. The molecule has 0 bridgehead atoms. The number of halogens is 2. The molecular weight excluding hydrogens is 336 g/mol. The SMILES string of the molecule is N=Cc1ncc(Nc2cc(OC(F)F)n[nH]2)nc1N[C@@H]1CC[C@@H](O)C1. The minimum absolute atomic E-state index is 0.0523. The number of rotatable bonds is 7. The van der Waals surface area contributed by atoms with Gasteiger partial charge in [0.15, 0.2) is 11.6 Å². The molecule has 3 rings (SSSR count). The van der Waals surface area contributed by atoms with Crippen LogP contribution in [-0.2, 0) is 0 Å². The van der Waals surface area contributed by atoms with Crippen LogP contribution in [0.3, 0.4) is 0 Å². The van der Waals surface area contributed by atoms with E-state index >= 15 is 0 Å². The first-order valence-corrected chi connectivity index (χ1v) is 7.63. The second-order valence-corrected chi connectivity index (χ2v) is 5.56. The summed E-state index contributed by atoms with van der Waals surface area (Å²) in [7, 11) is 0. The van der Waals surface area contributed by atoms with Crippen LogP contribution in [-0.4, -0.2) is 50.2 Å². The molecule has 2 aromatic rings. The van der Waals surface area contributed by atoms with Crippen LogP contribution in [0.15, 0.2) is 12.3 Å². The van der Waals surface area contributed by atoms with Gasteiger partial charge in [0.05, 0.1) is 12.3 Å². The van der Waals surface area contributed by atoms with Gasteiger partial charge in [0.2, 0.25) is 5.88 Å². The Bertz CT molecular complexity index is 740. The molecule has 25 heavy (non-hydrogen) atoms. The first kappa shape index (κ1) is 17.0. The van der Waals surface area contributed by atoms with E-state index in [0.717, 1.165) is 12.6 Å². The molecule has 9 nitrogen and oxygen atoms in total. The zero-order valence-corrected chi connectivity index (χ0v) is 13.0. The molecule has 1 aliphatic carbocycles. The molecule has 5 N–H and O–H groups in total. The molecule has 0 radical (unpaired) electrons. The molecule has 2 atom stereocenters. The Balaban J connectivity index is 1.72. The number of aliphatic hydroxyl groups excluding tert-OH is 1. The molecule has 2 heterocycles. The summed E-state index contributed by atoms with van der Waals surface area (Å²) in [5, 5.41) is 29.1. The zero-order valence-electron chi connectivity index (χ0n) is 13.0. The third-order valence-electron chi connectivity index (χ3n) is 3.71. The average molecular weight is 353 g/mol. The summed E-state index contributed by atoms with van der Waals surface area (Å²) < 4.78 is 28.5. The van der Waals surface area contributed by atoms with Gasteiger partial charge in [0.1, 0.15) is 11.5 Å². The maximum atomic E-state index is 12.1. The monoisotopic (exact) mass is 353 g/mol. The van der Waals surface area contributed by atoms with Crippen molar-refractivity contribution in [3.05, 3.63) is 18.0 Å². The Morgan fingerprint density at radius 2 is 2.28 bits per heavy atom. The lowest BCUT2D eigenvalue weighted by molar-refractivity contribution is -0.0528. The lowest BCUT2D eigenvalue weighted by atomic mass is 10.2. The van der Waals surface area contributed by atoms with E-state index in [1.54, 1.807) is 0 Å². The molecule has 2 aromatic heterocycles. The molecule has 1 saturated carbocycles. The summed E-state index contributed by atoms with van der Waals surface area (Å²) in [6.45, 7) is -2.96. The van der Waals surface area contributed by atoms with Crippen molar-refractivity contribution < 1.29 is 18.6 Å². The molecule has 1 aliphatic rings. The molecule has 0 unspecified atom stereocenters. The van der Waals surface area contributed by atoms with Crippen molar-refractivity contribution in [3.8, 4) is 5.88 Å². The number of hydrogen-bond acceptors (Lipinski definition) is 8. The van der Waals surface area contributed by atoms with Crippen LogP contribution in [0.5, 0.6) is 5.88 Å². The minimum Gasteiger partial charge on any atom is -0.415 e. The van der Waals surface area contributed by atoms with Crippen LogP contribution in [0.25, 0.3) is 0 Å². The van der Waals surface area contributed by atoms with Crippen LogP contribution in [0.2, 0.25) is 0 Å². The number of aromatic nitrogens is 4. The summed E-state index contributed by atoms with van der Waals surface area (Å²) in [5.74, 6) is 0.788. The molecule has 0 spiro atoms. The summed E-state index contributed by atoms with van der Waals surface area (Å²) in [5.41, 5.74) is 0.360. The predicted octanol–water partition coefficient (Wildman–Crippen LogP) is 1.87. The van der Waals surface area contributed by atoms with Crippen LogP contribution in [0, 0.1) is 5.41 Å². The van der Waals surface area contributed by atoms with Gasteiger partial charge < -0.3 is 25.9 Å². The highest BCUT2D eigenvalue weighted by molar-refractivity contribution is 5.82. The maximum Gasteiger partial charge on any atom is 0.388 e. The summed E-state index contributed by atoms with van der Waals surface area (Å²) in [6.07, 6.45) is 4.26. The van der Waals surface area contributed by atoms with Crippen molar-refractivity contribution in [2.75, 3.05) is 10.6 Å². The minimum atomic E-state index is -2.96. The van der Waals surface area contributed by atoms with E-state index in [-0.39, 0.29) is 18.0 Å². The van der Waals surface area contributed by atoms with Gasteiger partial charge in [-0.05, 0) is 19.3 Å². The Hall–Kier alpha value is -2.82. The highest BCUT2D eigenvalue weighted by Gasteiger charge is 2.23. The number of H-pyrrole nitrogens is 1. The van der Waals surface area contributed by atoms with Gasteiger partial charge in [0, 0.05) is 18.3 Å². The molecule has 1 fully saturated rings. The Morgan fingerprint density at radius 1 is 1.44 bits per heavy atom. The highest BCUT2D eigenvalue weighted by atomic mass is 19.3. The molecule has 11 heteroatoms. The van der Waals surface area contributed by atoms with Crippen LogP contribution >= 0.6 is 0 Å². The number of alkyl halides is 2. The average Bonchev–Trinajstić information content (AvgIpc) is 3.16. The summed E-state index contributed by atoms with van der Waals surface area (Å²) in [4.78, 5) is 8.47. The van der Waals surface area contributed by atoms with Gasteiger partial charge in [-0.1, -0.05) is 0 Å². The Kier molecular flexibility index (Phi) is 5.03. The molecular formula is C14H17F2N7O2. The van der Waals surface area contributed by atoms with Crippen molar-refractivity contribution in [1.82, 2.24) is 20.2 Å². The second kappa shape index (κ2) is 7.38. The fourth-order valence-corrected chi connectivity index (χ4v) is 2.61. The third kappa shape index (κ3) is 4.38. The van der Waals surface area contributed by atoms with E-state index in [2.05, 4.69) is 35.5 Å². The molecule has 134 valence electrons. The third-order valence-corrected chi connectivity index (χ3v) is 3.71. The van der Waals surface area contributed by atoms with Crippen LogP contribution < -0.4 is 15.4 Å². The molecule has 0 aliphatic heterocycles. The molecule has 0 aromatic carbocycles. The zero-order chi connectivity index (χ0) is 17.8. The van der Waals surface area contributed by atoms with E-state index < -0.39 is 6.61 Å². The lowest BCUT2D eigenvalue weighted by Gasteiger charge is -2.15. The van der Waals surface area contributed by atoms with Crippen molar-refractivity contribution in [1.29, 1.82) is 5.41 Å². The standard InChI is InChI=1S/C14H17F2N7O2/c15-14(16)25-12-4-10(22-23-12)20-11-6-18-9(5-17)13(21-11)19-7-1-2-8(24)3-7/h4-8,14,17,24H,1-3H2,(H3,19,20,21,22,23)/t7-,8-/m1/s1. The second-order valence-electron chi connectivity index (χ2n) is 5.56. The maximum absolute atomic E-state index is 12.1. The van der Waals surface area contributed by atoms with Gasteiger partial charge in [-0.25, -0.2) is 9.97 Å². The van der Waals surface area contributed by atoms with Gasteiger partial charge in [0.25, 0.3) is 0 Å². The number of aromatic amines is 1.